The Morgan fingerprint density at radius 2 is 2.33 bits per heavy atom. The van der Waals surface area contributed by atoms with Gasteiger partial charge in [-0.15, -0.1) is 0 Å². The van der Waals surface area contributed by atoms with Gasteiger partial charge in [-0.2, -0.15) is 0 Å². The fourth-order valence-corrected chi connectivity index (χ4v) is 1.10. The van der Waals surface area contributed by atoms with Crippen molar-refractivity contribution in [2.24, 2.45) is 5.73 Å². The summed E-state index contributed by atoms with van der Waals surface area (Å²) in [5.74, 6) is 4.42. The number of rotatable bonds is 0. The first-order valence-electron chi connectivity index (χ1n) is 3.72. The van der Waals surface area contributed by atoms with Gasteiger partial charge in [-0.1, -0.05) is 5.92 Å². The van der Waals surface area contributed by atoms with Crippen LogP contribution in [0.4, 0.5) is 4.39 Å². The number of alkyl halides is 1. The quantitative estimate of drug-likeness (QED) is 0.499. The van der Waals surface area contributed by atoms with Gasteiger partial charge >= 0.3 is 0 Å². The van der Waals surface area contributed by atoms with Gasteiger partial charge < -0.3 is 10.6 Å². The van der Waals surface area contributed by atoms with Crippen molar-refractivity contribution in [3.8, 4) is 11.8 Å². The van der Waals surface area contributed by atoms with Crippen LogP contribution in [0.3, 0.4) is 0 Å². The number of nitrogens with zero attached hydrogens (tertiary/aromatic N) is 1. The number of nitrogens with two attached hydrogens (primary N) is 1. The second-order valence-corrected chi connectivity index (χ2v) is 3.08. The summed E-state index contributed by atoms with van der Waals surface area (Å²) in [5, 5.41) is 0. The molecule has 1 aliphatic heterocycles. The zero-order chi connectivity index (χ0) is 9.19. The molecule has 0 atom stereocenters. The lowest BCUT2D eigenvalue weighted by Gasteiger charge is -2.40. The lowest BCUT2D eigenvalue weighted by molar-refractivity contribution is -0.137. The minimum Gasteiger partial charge on any atom is -0.325 e. The number of carbonyl (C=O) groups excluding carboxylic acids is 1. The molecule has 0 aromatic rings. The second-order valence-electron chi connectivity index (χ2n) is 3.08. The Morgan fingerprint density at radius 1 is 1.75 bits per heavy atom. The van der Waals surface area contributed by atoms with Crippen molar-refractivity contribution in [3.63, 3.8) is 0 Å². The maximum atomic E-state index is 12.9. The summed E-state index contributed by atoms with van der Waals surface area (Å²) in [6, 6.07) is 0. The molecule has 12 heavy (non-hydrogen) atoms. The molecule has 4 heteroatoms. The summed E-state index contributed by atoms with van der Waals surface area (Å²) in [6.07, 6.45) is 0. The SMILES string of the molecule is CC1(F)CN(C(=O)C#CCN)C1. The Balaban J connectivity index is 2.38. The van der Waals surface area contributed by atoms with Gasteiger partial charge in [-0.25, -0.2) is 4.39 Å². The number of hydrogen-bond acceptors (Lipinski definition) is 2. The molecule has 0 radical (unpaired) electrons. The number of amides is 1. The van der Waals surface area contributed by atoms with E-state index >= 15 is 0 Å². The molecule has 0 aliphatic carbocycles. The van der Waals surface area contributed by atoms with E-state index in [2.05, 4.69) is 11.8 Å². The zero-order valence-corrected chi connectivity index (χ0v) is 6.93. The van der Waals surface area contributed by atoms with Crippen LogP contribution in [0.2, 0.25) is 0 Å². The molecule has 0 aromatic carbocycles. The molecule has 66 valence electrons. The van der Waals surface area contributed by atoms with Crippen molar-refractivity contribution in [1.29, 1.82) is 0 Å². The van der Waals surface area contributed by atoms with Gasteiger partial charge in [-0.05, 0) is 12.8 Å². The molecule has 1 aliphatic rings. The van der Waals surface area contributed by atoms with Crippen LogP contribution in [-0.2, 0) is 4.79 Å². The predicted octanol–water partition coefficient (Wildman–Crippen LogP) is -0.481. The Bertz CT molecular complexity index is 244. The molecular weight excluding hydrogens is 159 g/mol. The molecule has 1 fully saturated rings. The zero-order valence-electron chi connectivity index (χ0n) is 6.93. The van der Waals surface area contributed by atoms with Gasteiger partial charge in [0.25, 0.3) is 5.91 Å². The normalized spacial score (nSPS) is 19.1. The molecule has 1 amide bonds. The molecular formula is C8H11FN2O. The van der Waals surface area contributed by atoms with E-state index in [1.807, 2.05) is 0 Å². The topological polar surface area (TPSA) is 46.3 Å². The molecule has 3 nitrogen and oxygen atoms in total. The maximum Gasteiger partial charge on any atom is 0.298 e. The van der Waals surface area contributed by atoms with E-state index in [9.17, 15) is 9.18 Å². The fraction of sp³-hybridized carbons (Fsp3) is 0.625. The molecule has 0 aromatic heterocycles. The van der Waals surface area contributed by atoms with Crippen LogP contribution < -0.4 is 5.73 Å². The highest BCUT2D eigenvalue weighted by Gasteiger charge is 2.40. The van der Waals surface area contributed by atoms with Crippen LogP contribution >= 0.6 is 0 Å². The lowest BCUT2D eigenvalue weighted by Crippen LogP contribution is -2.58. The Kier molecular flexibility index (Phi) is 2.34. The van der Waals surface area contributed by atoms with Crippen molar-refractivity contribution in [2.45, 2.75) is 12.6 Å². The molecule has 1 heterocycles. The first kappa shape index (κ1) is 9.01. The molecule has 0 bridgehead atoms. The number of carbonyl (C=O) groups is 1. The lowest BCUT2D eigenvalue weighted by atomic mass is 9.99. The summed E-state index contributed by atoms with van der Waals surface area (Å²) in [7, 11) is 0. The fourth-order valence-electron chi connectivity index (χ4n) is 1.10. The summed E-state index contributed by atoms with van der Waals surface area (Å²) in [4.78, 5) is 12.4. The number of halogens is 1. The van der Waals surface area contributed by atoms with Gasteiger partial charge in [0, 0.05) is 0 Å². The molecule has 0 saturated carbocycles. The van der Waals surface area contributed by atoms with Gasteiger partial charge in [0.05, 0.1) is 19.6 Å². The summed E-state index contributed by atoms with van der Waals surface area (Å²) in [6.45, 7) is 1.91. The van der Waals surface area contributed by atoms with Crippen LogP contribution in [0, 0.1) is 11.8 Å². The summed E-state index contributed by atoms with van der Waals surface area (Å²) < 4.78 is 12.9. The van der Waals surface area contributed by atoms with Crippen LogP contribution in [0.5, 0.6) is 0 Å². The van der Waals surface area contributed by atoms with Crippen molar-refractivity contribution in [1.82, 2.24) is 4.90 Å². The largest absolute Gasteiger partial charge is 0.325 e. The smallest absolute Gasteiger partial charge is 0.298 e. The van der Waals surface area contributed by atoms with Crippen molar-refractivity contribution < 1.29 is 9.18 Å². The van der Waals surface area contributed by atoms with Gasteiger partial charge in [0.1, 0.15) is 5.67 Å². The Labute approximate surface area is 70.7 Å². The van der Waals surface area contributed by atoms with E-state index in [1.165, 1.54) is 11.8 Å². The minimum absolute atomic E-state index is 0.144. The number of hydrogen-bond donors (Lipinski definition) is 1. The predicted molar refractivity (Wildman–Crippen MR) is 42.9 cm³/mol. The molecule has 1 saturated heterocycles. The average molecular weight is 170 g/mol. The third kappa shape index (κ3) is 1.95. The van der Waals surface area contributed by atoms with Crippen LogP contribution in [0.15, 0.2) is 0 Å². The van der Waals surface area contributed by atoms with Crippen molar-refractivity contribution in [2.75, 3.05) is 19.6 Å². The third-order valence-corrected chi connectivity index (χ3v) is 1.63. The first-order valence-corrected chi connectivity index (χ1v) is 3.72. The number of likely N-dealkylation sites (tertiary alicyclic amines) is 1. The first-order chi connectivity index (χ1) is 5.55. The van der Waals surface area contributed by atoms with Crippen LogP contribution in [0.25, 0.3) is 0 Å². The molecule has 2 N–H and O–H groups in total. The highest BCUT2D eigenvalue weighted by Crippen LogP contribution is 2.23. The van der Waals surface area contributed by atoms with E-state index in [0.717, 1.165) is 0 Å². The monoisotopic (exact) mass is 170 g/mol. The summed E-state index contributed by atoms with van der Waals surface area (Å²) >= 11 is 0. The Hall–Kier alpha value is -1.08. The van der Waals surface area contributed by atoms with Gasteiger partial charge in [-0.3, -0.25) is 4.79 Å². The molecule has 0 spiro atoms. The van der Waals surface area contributed by atoms with E-state index in [-0.39, 0.29) is 25.5 Å². The van der Waals surface area contributed by atoms with E-state index < -0.39 is 5.67 Å². The average Bonchev–Trinajstić information content (AvgIpc) is 1.95. The van der Waals surface area contributed by atoms with Gasteiger partial charge in [0.2, 0.25) is 0 Å². The van der Waals surface area contributed by atoms with Crippen molar-refractivity contribution >= 4 is 5.91 Å². The van der Waals surface area contributed by atoms with E-state index in [0.29, 0.717) is 0 Å². The second kappa shape index (κ2) is 3.11. The van der Waals surface area contributed by atoms with Crippen molar-refractivity contribution in [3.05, 3.63) is 0 Å². The molecule has 0 unspecified atom stereocenters. The highest BCUT2D eigenvalue weighted by atomic mass is 19.1. The Morgan fingerprint density at radius 3 is 2.75 bits per heavy atom. The molecule has 1 rings (SSSR count). The minimum atomic E-state index is -1.22. The van der Waals surface area contributed by atoms with E-state index in [4.69, 9.17) is 5.73 Å². The standard InChI is InChI=1S/C8H11FN2O/c1-8(9)5-11(6-8)7(12)3-2-4-10/h4-6,10H2,1H3. The van der Waals surface area contributed by atoms with Gasteiger partial charge in [0.15, 0.2) is 0 Å². The van der Waals surface area contributed by atoms with Crippen LogP contribution in [-0.4, -0.2) is 36.1 Å². The summed E-state index contributed by atoms with van der Waals surface area (Å²) in [5.41, 5.74) is 3.85. The van der Waals surface area contributed by atoms with Crippen LogP contribution in [0.1, 0.15) is 6.92 Å². The maximum absolute atomic E-state index is 12.9. The third-order valence-electron chi connectivity index (χ3n) is 1.63. The van der Waals surface area contributed by atoms with E-state index in [1.54, 1.807) is 0 Å². The highest BCUT2D eigenvalue weighted by molar-refractivity contribution is 5.94.